The largest absolute Gasteiger partial charge is 0.508 e. The zero-order valence-electron chi connectivity index (χ0n) is 15.9. The molecule has 4 N–H and O–H groups in total. The minimum absolute atomic E-state index is 0.0540. The summed E-state index contributed by atoms with van der Waals surface area (Å²) in [5.74, 6) is -0.639. The maximum Gasteiger partial charge on any atom is 0.289 e. The van der Waals surface area contributed by atoms with Crippen LogP contribution in [0.2, 0.25) is 0 Å². The SMILES string of the molecule is O=C(NN=Cc1ccc(O)cc1O)c1cc(-c2ccc3c4c(cccc24)CC3)n[nH]1. The smallest absolute Gasteiger partial charge is 0.289 e. The fourth-order valence-electron chi connectivity index (χ4n) is 3.91. The molecule has 0 fully saturated rings. The zero-order valence-corrected chi connectivity index (χ0v) is 15.9. The van der Waals surface area contributed by atoms with Crippen LogP contribution in [0.5, 0.6) is 11.5 Å². The van der Waals surface area contributed by atoms with Crippen LogP contribution < -0.4 is 5.43 Å². The molecular weight excluding hydrogens is 380 g/mol. The maximum absolute atomic E-state index is 12.4. The first-order valence-electron chi connectivity index (χ1n) is 9.55. The van der Waals surface area contributed by atoms with Gasteiger partial charge in [-0.1, -0.05) is 30.3 Å². The van der Waals surface area contributed by atoms with Gasteiger partial charge in [-0.3, -0.25) is 9.89 Å². The van der Waals surface area contributed by atoms with Gasteiger partial charge in [-0.25, -0.2) is 5.43 Å². The predicted molar refractivity (Wildman–Crippen MR) is 114 cm³/mol. The van der Waals surface area contributed by atoms with E-state index in [1.165, 1.54) is 40.9 Å². The molecular formula is C23H18N4O3. The van der Waals surface area contributed by atoms with E-state index in [4.69, 9.17) is 0 Å². The minimum Gasteiger partial charge on any atom is -0.508 e. The van der Waals surface area contributed by atoms with E-state index < -0.39 is 5.91 Å². The number of carbonyl (C=O) groups is 1. The quantitative estimate of drug-likeness (QED) is 0.311. The number of carbonyl (C=O) groups excluding carboxylic acids is 1. The maximum atomic E-state index is 12.4. The number of nitrogens with one attached hydrogen (secondary N) is 2. The Morgan fingerprint density at radius 3 is 2.73 bits per heavy atom. The van der Waals surface area contributed by atoms with E-state index in [1.54, 1.807) is 6.07 Å². The highest BCUT2D eigenvalue weighted by Crippen LogP contribution is 2.36. The van der Waals surface area contributed by atoms with Gasteiger partial charge >= 0.3 is 0 Å². The number of amides is 1. The Bertz CT molecular complexity index is 1310. The molecule has 0 radical (unpaired) electrons. The van der Waals surface area contributed by atoms with Gasteiger partial charge in [0, 0.05) is 17.2 Å². The Balaban J connectivity index is 1.38. The van der Waals surface area contributed by atoms with Gasteiger partial charge in [0.2, 0.25) is 0 Å². The molecule has 1 amide bonds. The summed E-state index contributed by atoms with van der Waals surface area (Å²) in [5.41, 5.74) is 7.42. The van der Waals surface area contributed by atoms with Crippen LogP contribution in [0.15, 0.2) is 59.7 Å². The molecule has 0 spiro atoms. The lowest BCUT2D eigenvalue weighted by molar-refractivity contribution is 0.0950. The second kappa shape index (κ2) is 7.04. The van der Waals surface area contributed by atoms with E-state index in [2.05, 4.69) is 51.1 Å². The molecule has 1 aromatic heterocycles. The Morgan fingerprint density at radius 2 is 1.90 bits per heavy atom. The lowest BCUT2D eigenvalue weighted by Crippen LogP contribution is -2.18. The van der Waals surface area contributed by atoms with Crippen molar-refractivity contribution in [3.05, 3.63) is 77.0 Å². The number of hydrogen-bond donors (Lipinski definition) is 4. The van der Waals surface area contributed by atoms with Gasteiger partial charge < -0.3 is 10.2 Å². The van der Waals surface area contributed by atoms with Crippen molar-refractivity contribution in [2.75, 3.05) is 0 Å². The van der Waals surface area contributed by atoms with Crippen molar-refractivity contribution in [3.63, 3.8) is 0 Å². The van der Waals surface area contributed by atoms with Crippen molar-refractivity contribution in [1.82, 2.24) is 15.6 Å². The Labute approximate surface area is 171 Å². The molecule has 4 aromatic rings. The van der Waals surface area contributed by atoms with Gasteiger partial charge in [0.15, 0.2) is 0 Å². The number of aromatic nitrogens is 2. The summed E-state index contributed by atoms with van der Waals surface area (Å²) in [5, 5.41) is 32.4. The molecule has 0 saturated carbocycles. The third-order valence-electron chi connectivity index (χ3n) is 5.36. The first-order valence-corrected chi connectivity index (χ1v) is 9.55. The summed E-state index contributed by atoms with van der Waals surface area (Å²) in [6.45, 7) is 0. The van der Waals surface area contributed by atoms with E-state index in [9.17, 15) is 15.0 Å². The normalized spacial score (nSPS) is 12.7. The van der Waals surface area contributed by atoms with Crippen LogP contribution in [0, 0.1) is 0 Å². The van der Waals surface area contributed by atoms with Crippen LogP contribution in [0.1, 0.15) is 27.2 Å². The summed E-state index contributed by atoms with van der Waals surface area (Å²) in [4.78, 5) is 12.4. The lowest BCUT2D eigenvalue weighted by Gasteiger charge is -2.06. The minimum atomic E-state index is -0.450. The molecule has 0 atom stereocenters. The summed E-state index contributed by atoms with van der Waals surface area (Å²) in [6, 6.07) is 16.3. The average molecular weight is 398 g/mol. The van der Waals surface area contributed by atoms with E-state index in [0.717, 1.165) is 23.8 Å². The molecule has 3 aromatic carbocycles. The number of rotatable bonds is 4. The van der Waals surface area contributed by atoms with Crippen LogP contribution in [0.3, 0.4) is 0 Å². The van der Waals surface area contributed by atoms with Crippen LogP contribution in [0.25, 0.3) is 22.0 Å². The van der Waals surface area contributed by atoms with Gasteiger partial charge in [0.05, 0.1) is 11.9 Å². The number of benzene rings is 3. The summed E-state index contributed by atoms with van der Waals surface area (Å²) < 4.78 is 0. The van der Waals surface area contributed by atoms with Gasteiger partial charge in [0.1, 0.15) is 17.2 Å². The number of phenolic OH excluding ortho intramolecular Hbond substituents is 2. The number of aryl methyl sites for hydroxylation is 2. The van der Waals surface area contributed by atoms with Crippen LogP contribution in [-0.4, -0.2) is 32.5 Å². The number of aromatic hydroxyl groups is 2. The lowest BCUT2D eigenvalue weighted by atomic mass is 9.98. The monoisotopic (exact) mass is 398 g/mol. The molecule has 148 valence electrons. The Hall–Kier alpha value is -4.13. The molecule has 1 aliphatic rings. The molecule has 0 aliphatic heterocycles. The second-order valence-corrected chi connectivity index (χ2v) is 7.22. The third-order valence-corrected chi connectivity index (χ3v) is 5.36. The van der Waals surface area contributed by atoms with Gasteiger partial charge in [0.25, 0.3) is 5.91 Å². The first-order chi connectivity index (χ1) is 14.6. The van der Waals surface area contributed by atoms with E-state index >= 15 is 0 Å². The number of aromatic amines is 1. The van der Waals surface area contributed by atoms with Crippen molar-refractivity contribution in [3.8, 4) is 22.8 Å². The average Bonchev–Trinajstić information content (AvgIpc) is 3.39. The fourth-order valence-corrected chi connectivity index (χ4v) is 3.91. The molecule has 5 rings (SSSR count). The molecule has 30 heavy (non-hydrogen) atoms. The molecule has 1 aliphatic carbocycles. The molecule has 0 saturated heterocycles. The van der Waals surface area contributed by atoms with Crippen LogP contribution >= 0.6 is 0 Å². The van der Waals surface area contributed by atoms with Crippen molar-refractivity contribution in [1.29, 1.82) is 0 Å². The predicted octanol–water partition coefficient (Wildman–Crippen LogP) is 3.50. The van der Waals surface area contributed by atoms with E-state index in [1.807, 2.05) is 0 Å². The second-order valence-electron chi connectivity index (χ2n) is 7.22. The van der Waals surface area contributed by atoms with Crippen molar-refractivity contribution < 1.29 is 15.0 Å². The topological polar surface area (TPSA) is 111 Å². The van der Waals surface area contributed by atoms with E-state index in [-0.39, 0.29) is 17.2 Å². The zero-order chi connectivity index (χ0) is 20.7. The number of H-pyrrole nitrogens is 1. The molecule has 0 bridgehead atoms. The van der Waals surface area contributed by atoms with Crippen molar-refractivity contribution in [2.24, 2.45) is 5.10 Å². The molecule has 0 unspecified atom stereocenters. The first kappa shape index (κ1) is 17.9. The number of hydrazone groups is 1. The molecule has 7 nitrogen and oxygen atoms in total. The summed E-state index contributed by atoms with van der Waals surface area (Å²) in [6.07, 6.45) is 3.41. The standard InChI is InChI=1S/C23H18N4O3/c28-16-8-6-15(21(29)10-16)12-24-27-23(30)20-11-19(25-26-20)17-9-7-14-5-4-13-2-1-3-18(17)22(13)14/h1-3,6-12,28-29H,4-5H2,(H,25,26)(H,27,30). The molecule has 1 heterocycles. The van der Waals surface area contributed by atoms with Crippen molar-refractivity contribution >= 4 is 22.9 Å². The summed E-state index contributed by atoms with van der Waals surface area (Å²) >= 11 is 0. The number of hydrogen-bond acceptors (Lipinski definition) is 5. The van der Waals surface area contributed by atoms with Gasteiger partial charge in [-0.05, 0) is 52.9 Å². The highest BCUT2D eigenvalue weighted by Gasteiger charge is 2.18. The fraction of sp³-hybridized carbons (Fsp3) is 0.0870. The van der Waals surface area contributed by atoms with E-state index in [0.29, 0.717) is 11.3 Å². The van der Waals surface area contributed by atoms with Gasteiger partial charge in [-0.2, -0.15) is 10.2 Å². The highest BCUT2D eigenvalue weighted by molar-refractivity contribution is 6.02. The van der Waals surface area contributed by atoms with Crippen LogP contribution in [0.4, 0.5) is 0 Å². The summed E-state index contributed by atoms with van der Waals surface area (Å²) in [7, 11) is 0. The van der Waals surface area contributed by atoms with Crippen molar-refractivity contribution in [2.45, 2.75) is 12.8 Å². The molecule has 7 heteroatoms. The Kier molecular flexibility index (Phi) is 4.21. The highest BCUT2D eigenvalue weighted by atomic mass is 16.3. The number of phenols is 2. The number of nitrogens with zero attached hydrogens (tertiary/aromatic N) is 2. The van der Waals surface area contributed by atoms with Gasteiger partial charge in [-0.15, -0.1) is 0 Å². The van der Waals surface area contributed by atoms with Crippen LogP contribution in [-0.2, 0) is 12.8 Å². The Morgan fingerprint density at radius 1 is 1.07 bits per heavy atom. The third kappa shape index (κ3) is 3.06.